The van der Waals surface area contributed by atoms with Crippen LogP contribution in [-0.2, 0) is 0 Å². The zero-order chi connectivity index (χ0) is 16.8. The maximum atomic E-state index is 4.16. The first-order valence-corrected chi connectivity index (χ1v) is 10.4. The summed E-state index contributed by atoms with van der Waals surface area (Å²) in [7, 11) is -1.67. The van der Waals surface area contributed by atoms with Crippen LogP contribution in [0.25, 0.3) is 0 Å². The Morgan fingerprint density at radius 3 is 1.29 bits per heavy atom. The molecule has 0 radical (unpaired) electrons. The lowest BCUT2D eigenvalue weighted by atomic mass is 10.3. The summed E-state index contributed by atoms with van der Waals surface area (Å²) in [6.07, 6.45) is 2.17. The van der Waals surface area contributed by atoms with E-state index in [-0.39, 0.29) is 0 Å². The number of hydrogen-bond acceptors (Lipinski definition) is 0. The molecule has 0 aliphatic carbocycles. The van der Waals surface area contributed by atoms with Gasteiger partial charge < -0.3 is 0 Å². The molecule has 120 valence electrons. The van der Waals surface area contributed by atoms with Crippen LogP contribution >= 0.6 is 7.26 Å². The normalized spacial score (nSPS) is 11.2. The first-order chi connectivity index (χ1) is 11.7. The van der Waals surface area contributed by atoms with Gasteiger partial charge in [0.15, 0.2) is 0 Å². The summed E-state index contributed by atoms with van der Waals surface area (Å²) in [5, 5.41) is 4.34. The van der Waals surface area contributed by atoms with Crippen molar-refractivity contribution in [3.63, 3.8) is 0 Å². The lowest BCUT2D eigenvalue weighted by Crippen LogP contribution is -2.33. The fraction of sp³-hybridized carbons (Fsp3) is 0.130. The zero-order valence-electron chi connectivity index (χ0n) is 14.2. The van der Waals surface area contributed by atoms with Gasteiger partial charge in [-0.05, 0) is 43.3 Å². The molecule has 0 heterocycles. The van der Waals surface area contributed by atoms with Gasteiger partial charge in [0, 0.05) is 6.42 Å². The average Bonchev–Trinajstić information content (AvgIpc) is 2.65. The highest BCUT2D eigenvalue weighted by molar-refractivity contribution is 7.95. The Morgan fingerprint density at radius 1 is 0.667 bits per heavy atom. The van der Waals surface area contributed by atoms with Crippen LogP contribution in [0.2, 0.25) is 0 Å². The second kappa shape index (κ2) is 7.60. The van der Waals surface area contributed by atoms with Crippen molar-refractivity contribution >= 4 is 23.2 Å². The molecule has 0 saturated heterocycles. The molecule has 1 heteroatoms. The van der Waals surface area contributed by atoms with E-state index in [2.05, 4.69) is 104 Å². The van der Waals surface area contributed by atoms with Crippen molar-refractivity contribution in [3.05, 3.63) is 103 Å². The molecule has 0 atom stereocenters. The minimum atomic E-state index is -1.67. The lowest BCUT2D eigenvalue weighted by Gasteiger charge is -2.27. The van der Waals surface area contributed by atoms with Gasteiger partial charge in [0.1, 0.15) is 23.2 Å². The predicted octanol–water partition coefficient (Wildman–Crippen LogP) is 4.95. The van der Waals surface area contributed by atoms with E-state index >= 15 is 0 Å². The molecular weight excluding hydrogens is 307 g/mol. The summed E-state index contributed by atoms with van der Waals surface area (Å²) in [6, 6.07) is 33.1. The number of allylic oxidation sites excluding steroid dienone is 1. The van der Waals surface area contributed by atoms with Crippen molar-refractivity contribution in [2.45, 2.75) is 13.3 Å². The van der Waals surface area contributed by atoms with Gasteiger partial charge in [0.25, 0.3) is 0 Å². The molecule has 0 N–H and O–H groups in total. The van der Waals surface area contributed by atoms with Crippen LogP contribution in [0.1, 0.15) is 13.3 Å². The van der Waals surface area contributed by atoms with Crippen LogP contribution in [-0.4, -0.2) is 6.16 Å². The summed E-state index contributed by atoms with van der Waals surface area (Å²) in [5.41, 5.74) is 1.25. The molecule has 0 bridgehead atoms. The van der Waals surface area contributed by atoms with Crippen LogP contribution in [0.5, 0.6) is 0 Å². The molecule has 24 heavy (non-hydrogen) atoms. The van der Waals surface area contributed by atoms with Gasteiger partial charge in [-0.2, -0.15) is 0 Å². The molecule has 0 aliphatic heterocycles. The summed E-state index contributed by atoms with van der Waals surface area (Å²) in [4.78, 5) is 0. The molecule has 0 unspecified atom stereocenters. The van der Waals surface area contributed by atoms with E-state index < -0.39 is 7.26 Å². The predicted molar refractivity (Wildman–Crippen MR) is 109 cm³/mol. The van der Waals surface area contributed by atoms with Crippen LogP contribution < -0.4 is 15.9 Å². The Hall–Kier alpha value is -2.17. The van der Waals surface area contributed by atoms with Gasteiger partial charge >= 0.3 is 0 Å². The molecule has 3 aromatic carbocycles. The van der Waals surface area contributed by atoms with Crippen molar-refractivity contribution in [1.82, 2.24) is 0 Å². The smallest absolute Gasteiger partial charge is 0.100 e. The third kappa shape index (κ3) is 3.35. The minimum Gasteiger partial charge on any atom is -0.100 e. The molecule has 0 aliphatic rings. The highest BCUT2D eigenvalue weighted by Gasteiger charge is 2.44. The van der Waals surface area contributed by atoms with Gasteiger partial charge in [-0.3, -0.25) is 0 Å². The van der Waals surface area contributed by atoms with Gasteiger partial charge in [0.05, 0.1) is 6.16 Å². The summed E-state index contributed by atoms with van der Waals surface area (Å²) in [5.74, 6) is 0. The van der Waals surface area contributed by atoms with Crippen LogP contribution in [0.4, 0.5) is 0 Å². The molecule has 0 fully saturated rings. The quantitative estimate of drug-likeness (QED) is 0.443. The number of rotatable bonds is 6. The summed E-state index contributed by atoms with van der Waals surface area (Å²) >= 11 is 0. The first kappa shape index (κ1) is 16.7. The van der Waals surface area contributed by atoms with Gasteiger partial charge in [-0.1, -0.05) is 60.2 Å². The Bertz CT molecular complexity index is 679. The molecule has 3 rings (SSSR count). The topological polar surface area (TPSA) is 0 Å². The van der Waals surface area contributed by atoms with Crippen LogP contribution in [0, 0.1) is 0 Å². The Morgan fingerprint density at radius 2 is 1.00 bits per heavy atom. The van der Waals surface area contributed by atoms with E-state index in [0.717, 1.165) is 12.6 Å². The van der Waals surface area contributed by atoms with E-state index in [9.17, 15) is 0 Å². The van der Waals surface area contributed by atoms with Crippen molar-refractivity contribution in [1.29, 1.82) is 0 Å². The van der Waals surface area contributed by atoms with Crippen molar-refractivity contribution in [2.75, 3.05) is 6.16 Å². The minimum absolute atomic E-state index is 1.05. The fourth-order valence-electron chi connectivity index (χ4n) is 3.24. The van der Waals surface area contributed by atoms with E-state index in [0.29, 0.717) is 0 Å². The second-order valence-electron chi connectivity index (χ2n) is 6.25. The molecule has 0 saturated carbocycles. The van der Waals surface area contributed by atoms with E-state index in [1.54, 1.807) is 0 Å². The molecule has 0 aromatic heterocycles. The first-order valence-electron chi connectivity index (χ1n) is 8.43. The fourth-order valence-corrected chi connectivity index (χ4v) is 7.67. The van der Waals surface area contributed by atoms with Gasteiger partial charge in [-0.25, -0.2) is 0 Å². The third-order valence-electron chi connectivity index (χ3n) is 4.46. The Kier molecular flexibility index (Phi) is 5.28. The molecule has 0 spiro atoms. The maximum absolute atomic E-state index is 4.16. The van der Waals surface area contributed by atoms with Crippen molar-refractivity contribution in [3.8, 4) is 0 Å². The van der Waals surface area contributed by atoms with E-state index in [1.165, 1.54) is 21.5 Å². The summed E-state index contributed by atoms with van der Waals surface area (Å²) in [6.45, 7) is 6.29. The van der Waals surface area contributed by atoms with Crippen LogP contribution in [0.15, 0.2) is 103 Å². The highest BCUT2D eigenvalue weighted by Crippen LogP contribution is 2.56. The van der Waals surface area contributed by atoms with Crippen LogP contribution in [0.3, 0.4) is 0 Å². The molecule has 0 amide bonds. The van der Waals surface area contributed by atoms with Gasteiger partial charge in [-0.15, -0.1) is 6.58 Å². The summed E-state index contributed by atoms with van der Waals surface area (Å²) < 4.78 is 0. The van der Waals surface area contributed by atoms with E-state index in [4.69, 9.17) is 0 Å². The Labute approximate surface area is 146 Å². The highest BCUT2D eigenvalue weighted by atomic mass is 31.2. The van der Waals surface area contributed by atoms with Crippen molar-refractivity contribution in [2.24, 2.45) is 0 Å². The SMILES string of the molecule is C=C(C)CC[P+](c1ccccc1)(c1ccccc1)c1ccccc1. The molecule has 3 aromatic rings. The van der Waals surface area contributed by atoms with Crippen molar-refractivity contribution < 1.29 is 0 Å². The monoisotopic (exact) mass is 331 g/mol. The Balaban J connectivity index is 2.26. The van der Waals surface area contributed by atoms with E-state index in [1.807, 2.05) is 0 Å². The zero-order valence-corrected chi connectivity index (χ0v) is 15.1. The van der Waals surface area contributed by atoms with Gasteiger partial charge in [0.2, 0.25) is 0 Å². The lowest BCUT2D eigenvalue weighted by molar-refractivity contribution is 1.12. The number of benzene rings is 3. The number of hydrogen-bond donors (Lipinski definition) is 0. The average molecular weight is 331 g/mol. The standard InChI is InChI=1S/C23H24P/c1-20(2)18-19-24(21-12-6-3-7-13-21,22-14-8-4-9-15-22)23-16-10-5-11-17-23/h3-17H,1,18-19H2,2H3/q+1. The molecular formula is C23H24P+. The largest absolute Gasteiger partial charge is 0.112 e. The molecule has 0 nitrogen and oxygen atoms in total. The second-order valence-corrected chi connectivity index (χ2v) is 9.86. The third-order valence-corrected chi connectivity index (χ3v) is 8.90. The maximum Gasteiger partial charge on any atom is 0.112 e.